The summed E-state index contributed by atoms with van der Waals surface area (Å²) in [4.78, 5) is 13.4. The minimum absolute atomic E-state index is 0.102. The Kier molecular flexibility index (Phi) is 5.75. The van der Waals surface area contributed by atoms with Gasteiger partial charge in [-0.1, -0.05) is 0 Å². The molecule has 1 aromatic carbocycles. The number of carbonyl (C=O) groups excluding carboxylic acids is 1. The van der Waals surface area contributed by atoms with Crippen molar-refractivity contribution in [3.8, 4) is 5.75 Å². The van der Waals surface area contributed by atoms with Gasteiger partial charge in [-0.25, -0.2) is 16.8 Å². The number of rotatable bonds is 5. The lowest BCUT2D eigenvalue weighted by Crippen LogP contribution is -2.50. The second-order valence-electron chi connectivity index (χ2n) is 7.57. The van der Waals surface area contributed by atoms with Gasteiger partial charge in [0.15, 0.2) is 19.7 Å². The lowest BCUT2D eigenvalue weighted by molar-refractivity contribution is -0.123. The van der Waals surface area contributed by atoms with Crippen LogP contribution in [-0.4, -0.2) is 70.6 Å². The Morgan fingerprint density at radius 1 is 1.21 bits per heavy atom. The molecule has 1 aromatic rings. The van der Waals surface area contributed by atoms with Crippen LogP contribution in [0.2, 0.25) is 0 Å². The van der Waals surface area contributed by atoms with E-state index in [-0.39, 0.29) is 28.2 Å². The molecule has 156 valence electrons. The van der Waals surface area contributed by atoms with E-state index in [2.05, 4.69) is 0 Å². The van der Waals surface area contributed by atoms with Crippen LogP contribution in [-0.2, 0) is 24.5 Å². The van der Waals surface area contributed by atoms with Gasteiger partial charge in [0.25, 0.3) is 0 Å². The number of nitrogens with two attached hydrogens (primary N) is 1. The van der Waals surface area contributed by atoms with Crippen molar-refractivity contribution in [3.63, 3.8) is 0 Å². The number of amides is 1. The summed E-state index contributed by atoms with van der Waals surface area (Å²) in [6.07, 6.45) is 1.03. The molecule has 2 atom stereocenters. The van der Waals surface area contributed by atoms with Gasteiger partial charge in [0.05, 0.1) is 28.8 Å². The fourth-order valence-electron chi connectivity index (χ4n) is 4.15. The van der Waals surface area contributed by atoms with Crippen LogP contribution in [0.3, 0.4) is 0 Å². The molecule has 2 saturated heterocycles. The zero-order valence-corrected chi connectivity index (χ0v) is 17.6. The predicted octanol–water partition coefficient (Wildman–Crippen LogP) is 0.140. The zero-order valence-electron chi connectivity index (χ0n) is 16.0. The number of likely N-dealkylation sites (tertiary alicyclic amines) is 1. The van der Waals surface area contributed by atoms with Crippen molar-refractivity contribution in [3.05, 3.63) is 23.8 Å². The fourth-order valence-corrected chi connectivity index (χ4v) is 9.07. The van der Waals surface area contributed by atoms with Crippen LogP contribution in [0.5, 0.6) is 5.75 Å². The molecule has 2 N–H and O–H groups in total. The molecule has 10 heteroatoms. The highest BCUT2D eigenvalue weighted by molar-refractivity contribution is 7.96. The molecule has 2 fully saturated rings. The Bertz CT molecular complexity index is 966. The first kappa shape index (κ1) is 21.1. The minimum Gasteiger partial charge on any atom is -0.496 e. The second-order valence-corrected chi connectivity index (χ2v) is 11.9. The first-order chi connectivity index (χ1) is 13.0. The summed E-state index contributed by atoms with van der Waals surface area (Å²) in [5.41, 5.74) is 6.03. The van der Waals surface area contributed by atoms with E-state index in [1.807, 2.05) is 4.90 Å². The molecule has 0 aliphatic carbocycles. The van der Waals surface area contributed by atoms with Crippen molar-refractivity contribution in [2.45, 2.75) is 36.0 Å². The quantitative estimate of drug-likeness (QED) is 0.705. The molecule has 0 spiro atoms. The number of ether oxygens (including phenoxy) is 1. The third kappa shape index (κ3) is 4.04. The van der Waals surface area contributed by atoms with Crippen LogP contribution in [0.15, 0.2) is 23.1 Å². The molecule has 2 aliphatic rings. The normalized spacial score (nSPS) is 26.2. The topological polar surface area (TPSA) is 124 Å². The van der Waals surface area contributed by atoms with Crippen LogP contribution in [0.4, 0.5) is 0 Å². The Hall–Kier alpha value is -1.65. The molecule has 0 unspecified atom stereocenters. The standard InChI is InChI=1S/C18H26N2O6S2/c1-12-9-14(3-4-16(12)26-2)28(24,25)17-11-27(22,23)10-15(17)20-7-5-13(6-8-20)18(19)21/h3-4,9,13,15,17H,5-8,10-11H2,1-2H3,(H2,19,21)/t15-,17+/m1/s1. The Morgan fingerprint density at radius 3 is 2.39 bits per heavy atom. The van der Waals surface area contributed by atoms with Crippen molar-refractivity contribution in [2.24, 2.45) is 11.7 Å². The molecule has 3 rings (SSSR count). The second kappa shape index (κ2) is 7.64. The van der Waals surface area contributed by atoms with E-state index in [9.17, 15) is 21.6 Å². The van der Waals surface area contributed by atoms with Gasteiger partial charge in [0, 0.05) is 12.0 Å². The number of sulfone groups is 2. The van der Waals surface area contributed by atoms with Crippen molar-refractivity contribution in [1.82, 2.24) is 4.90 Å². The summed E-state index contributed by atoms with van der Waals surface area (Å²) in [5, 5.41) is -1.03. The molecule has 0 bridgehead atoms. The summed E-state index contributed by atoms with van der Waals surface area (Å²) < 4.78 is 56.4. The Labute approximate surface area is 165 Å². The van der Waals surface area contributed by atoms with Crippen molar-refractivity contribution < 1.29 is 26.4 Å². The van der Waals surface area contributed by atoms with E-state index in [1.54, 1.807) is 13.0 Å². The summed E-state index contributed by atoms with van der Waals surface area (Å²) in [6.45, 7) is 2.66. The van der Waals surface area contributed by atoms with Gasteiger partial charge in [-0.2, -0.15) is 0 Å². The Morgan fingerprint density at radius 2 is 1.86 bits per heavy atom. The summed E-state index contributed by atoms with van der Waals surface area (Å²) in [6, 6.07) is 3.95. The molecule has 8 nitrogen and oxygen atoms in total. The molecule has 28 heavy (non-hydrogen) atoms. The third-order valence-corrected chi connectivity index (χ3v) is 9.88. The van der Waals surface area contributed by atoms with E-state index >= 15 is 0 Å². The first-order valence-corrected chi connectivity index (χ1v) is 12.5. The molecule has 2 heterocycles. The number of nitrogens with zero attached hydrogens (tertiary/aromatic N) is 1. The van der Waals surface area contributed by atoms with Crippen LogP contribution >= 0.6 is 0 Å². The van der Waals surface area contributed by atoms with E-state index in [1.165, 1.54) is 19.2 Å². The van der Waals surface area contributed by atoms with Gasteiger partial charge >= 0.3 is 0 Å². The lowest BCUT2D eigenvalue weighted by Gasteiger charge is -2.36. The first-order valence-electron chi connectivity index (χ1n) is 9.17. The van der Waals surface area contributed by atoms with Crippen molar-refractivity contribution >= 4 is 25.6 Å². The number of hydrogen-bond acceptors (Lipinski definition) is 7. The van der Waals surface area contributed by atoms with Gasteiger partial charge in [0.2, 0.25) is 5.91 Å². The molecular formula is C18H26N2O6S2. The van der Waals surface area contributed by atoms with Crippen LogP contribution < -0.4 is 10.5 Å². The molecular weight excluding hydrogens is 404 g/mol. The van der Waals surface area contributed by atoms with Crippen LogP contribution in [0.1, 0.15) is 18.4 Å². The average molecular weight is 431 g/mol. The predicted molar refractivity (Wildman–Crippen MR) is 105 cm³/mol. The minimum atomic E-state index is -3.85. The fraction of sp³-hybridized carbons (Fsp3) is 0.611. The highest BCUT2D eigenvalue weighted by atomic mass is 32.2. The smallest absolute Gasteiger partial charge is 0.220 e. The van der Waals surface area contributed by atoms with E-state index in [0.29, 0.717) is 37.2 Å². The maximum Gasteiger partial charge on any atom is 0.220 e. The van der Waals surface area contributed by atoms with E-state index < -0.39 is 31.0 Å². The number of primary amides is 1. The lowest BCUT2D eigenvalue weighted by atomic mass is 9.95. The van der Waals surface area contributed by atoms with E-state index in [0.717, 1.165) is 0 Å². The third-order valence-electron chi connectivity index (χ3n) is 5.77. The van der Waals surface area contributed by atoms with Gasteiger partial charge < -0.3 is 10.5 Å². The van der Waals surface area contributed by atoms with Gasteiger partial charge in [-0.15, -0.1) is 0 Å². The molecule has 1 amide bonds. The number of methoxy groups -OCH3 is 1. The summed E-state index contributed by atoms with van der Waals surface area (Å²) in [7, 11) is -5.82. The maximum absolute atomic E-state index is 13.3. The number of benzene rings is 1. The maximum atomic E-state index is 13.3. The number of carbonyl (C=O) groups is 1. The molecule has 0 saturated carbocycles. The van der Waals surface area contributed by atoms with Crippen molar-refractivity contribution in [2.75, 3.05) is 31.7 Å². The highest BCUT2D eigenvalue weighted by Gasteiger charge is 2.48. The monoisotopic (exact) mass is 430 g/mol. The molecule has 0 radical (unpaired) electrons. The average Bonchev–Trinajstić information content (AvgIpc) is 2.98. The molecule has 2 aliphatic heterocycles. The molecule has 0 aromatic heterocycles. The summed E-state index contributed by atoms with van der Waals surface area (Å²) >= 11 is 0. The van der Waals surface area contributed by atoms with Crippen LogP contribution in [0.25, 0.3) is 0 Å². The largest absolute Gasteiger partial charge is 0.496 e. The van der Waals surface area contributed by atoms with Crippen LogP contribution in [0, 0.1) is 12.8 Å². The SMILES string of the molecule is COc1ccc(S(=O)(=O)[C@H]2CS(=O)(=O)C[C@H]2N2CCC(C(N)=O)CC2)cc1C. The highest BCUT2D eigenvalue weighted by Crippen LogP contribution is 2.32. The zero-order chi connectivity index (χ0) is 20.7. The van der Waals surface area contributed by atoms with Gasteiger partial charge in [0.1, 0.15) is 5.75 Å². The van der Waals surface area contributed by atoms with Gasteiger partial charge in [-0.3, -0.25) is 9.69 Å². The van der Waals surface area contributed by atoms with Gasteiger partial charge in [-0.05, 0) is 56.6 Å². The van der Waals surface area contributed by atoms with Crippen molar-refractivity contribution in [1.29, 1.82) is 0 Å². The number of aryl methyl sites for hydroxylation is 1. The Balaban J connectivity index is 1.90. The number of hydrogen-bond donors (Lipinski definition) is 1. The van der Waals surface area contributed by atoms with E-state index in [4.69, 9.17) is 10.5 Å². The number of piperidine rings is 1. The summed E-state index contributed by atoms with van der Waals surface area (Å²) in [5.74, 6) is -0.609.